The largest absolute Gasteiger partial charge is 0.550 e. The summed E-state index contributed by atoms with van der Waals surface area (Å²) in [6.07, 6.45) is 3.48. The molecule has 2 heteroatoms. The number of carbonyl (C=O) groups is 1. The van der Waals surface area contributed by atoms with Gasteiger partial charge in [0.1, 0.15) is 0 Å². The average Bonchev–Trinajstić information content (AvgIpc) is 1.63. The molecule has 0 unspecified atom stereocenters. The van der Waals surface area contributed by atoms with Crippen molar-refractivity contribution in [2.45, 2.75) is 20.3 Å². The number of aliphatic carboxylic acids is 1. The molecule has 0 bridgehead atoms. The van der Waals surface area contributed by atoms with Crippen molar-refractivity contribution in [1.82, 2.24) is 0 Å². The molecule has 52 valence electrons. The van der Waals surface area contributed by atoms with Crippen LogP contribution in [0.4, 0.5) is 0 Å². The summed E-state index contributed by atoms with van der Waals surface area (Å²) >= 11 is 0. The number of hydrogen-bond donors (Lipinski definition) is 0. The first-order valence-corrected chi connectivity index (χ1v) is 2.99. The van der Waals surface area contributed by atoms with Gasteiger partial charge >= 0.3 is 0 Å². The highest BCUT2D eigenvalue weighted by Gasteiger charge is 1.82. The van der Waals surface area contributed by atoms with Crippen molar-refractivity contribution >= 4 is 5.97 Å². The van der Waals surface area contributed by atoms with E-state index >= 15 is 0 Å². The first kappa shape index (κ1) is 8.21. The number of rotatable bonds is 3. The summed E-state index contributed by atoms with van der Waals surface area (Å²) in [4.78, 5) is 9.82. The summed E-state index contributed by atoms with van der Waals surface area (Å²) in [5, 5.41) is 9.82. The van der Waals surface area contributed by atoms with E-state index in [2.05, 4.69) is 0 Å². The van der Waals surface area contributed by atoms with E-state index in [4.69, 9.17) is 0 Å². The van der Waals surface area contributed by atoms with Gasteiger partial charge in [0.05, 0.1) is 0 Å². The maximum absolute atomic E-state index is 9.82. The third kappa shape index (κ3) is 7.21. The predicted molar refractivity (Wildman–Crippen MR) is 33.6 cm³/mol. The second-order valence-corrected chi connectivity index (χ2v) is 2.25. The van der Waals surface area contributed by atoms with E-state index in [0.717, 1.165) is 0 Å². The molecule has 0 aromatic heterocycles. The van der Waals surface area contributed by atoms with Crippen LogP contribution in [0.25, 0.3) is 0 Å². The zero-order valence-corrected chi connectivity index (χ0v) is 5.76. The highest BCUT2D eigenvalue weighted by molar-refractivity contribution is 5.66. The van der Waals surface area contributed by atoms with Gasteiger partial charge in [0, 0.05) is 12.4 Å². The fraction of sp³-hybridized carbons (Fsp3) is 0.571. The molecule has 0 radical (unpaired) electrons. The molecule has 9 heavy (non-hydrogen) atoms. The Kier molecular flexibility index (Phi) is 3.76. The Morgan fingerprint density at radius 3 is 2.56 bits per heavy atom. The second kappa shape index (κ2) is 4.13. The smallest absolute Gasteiger partial charge is 0.0452 e. The molecule has 0 spiro atoms. The van der Waals surface area contributed by atoms with Crippen LogP contribution in [-0.2, 0) is 4.79 Å². The molecule has 0 aromatic rings. The number of allylic oxidation sites excluding steroid dienone is 1. The van der Waals surface area contributed by atoms with Gasteiger partial charge in [-0.2, -0.15) is 0 Å². The second-order valence-electron chi connectivity index (χ2n) is 2.25. The van der Waals surface area contributed by atoms with E-state index in [1.807, 2.05) is 19.9 Å². The molecule has 0 fully saturated rings. The van der Waals surface area contributed by atoms with Crippen molar-refractivity contribution in [2.24, 2.45) is 5.92 Å². The van der Waals surface area contributed by atoms with Crippen molar-refractivity contribution in [2.75, 3.05) is 0 Å². The third-order valence-corrected chi connectivity index (χ3v) is 0.806. The van der Waals surface area contributed by atoms with Gasteiger partial charge < -0.3 is 9.90 Å². The fourth-order valence-corrected chi connectivity index (χ4v) is 0.436. The lowest BCUT2D eigenvalue weighted by atomic mass is 10.2. The molecule has 0 atom stereocenters. The van der Waals surface area contributed by atoms with Crippen molar-refractivity contribution in [3.05, 3.63) is 12.2 Å². The Morgan fingerprint density at radius 2 is 2.22 bits per heavy atom. The van der Waals surface area contributed by atoms with Crippen LogP contribution in [0, 0.1) is 5.92 Å². The highest BCUT2D eigenvalue weighted by Crippen LogP contribution is 1.93. The highest BCUT2D eigenvalue weighted by atomic mass is 16.4. The van der Waals surface area contributed by atoms with Gasteiger partial charge in [-0.15, -0.1) is 0 Å². The monoisotopic (exact) mass is 127 g/mol. The molecule has 0 rings (SSSR count). The molecule has 0 aliphatic rings. The van der Waals surface area contributed by atoms with E-state index in [1.165, 1.54) is 0 Å². The van der Waals surface area contributed by atoms with Crippen LogP contribution >= 0.6 is 0 Å². The molecule has 2 nitrogen and oxygen atoms in total. The Balaban J connectivity index is 3.36. The normalized spacial score (nSPS) is 11.0. The topological polar surface area (TPSA) is 40.1 Å². The van der Waals surface area contributed by atoms with Gasteiger partial charge in [-0.3, -0.25) is 0 Å². The van der Waals surface area contributed by atoms with E-state index in [1.54, 1.807) is 6.08 Å². The Bertz CT molecular complexity index is 114. The van der Waals surface area contributed by atoms with E-state index in [0.29, 0.717) is 5.92 Å². The number of carboxylic acid groups (broad SMARTS) is 1. The van der Waals surface area contributed by atoms with Gasteiger partial charge in [-0.1, -0.05) is 26.0 Å². The van der Waals surface area contributed by atoms with Crippen LogP contribution in [-0.4, -0.2) is 5.97 Å². The minimum absolute atomic E-state index is 0.0260. The molecule has 0 saturated heterocycles. The molecule has 0 aliphatic heterocycles. The van der Waals surface area contributed by atoms with Crippen molar-refractivity contribution in [1.29, 1.82) is 0 Å². The number of carboxylic acids is 1. The van der Waals surface area contributed by atoms with E-state index < -0.39 is 5.97 Å². The Morgan fingerprint density at radius 1 is 1.67 bits per heavy atom. The summed E-state index contributed by atoms with van der Waals surface area (Å²) in [6, 6.07) is 0. The van der Waals surface area contributed by atoms with Gasteiger partial charge in [0.25, 0.3) is 0 Å². The predicted octanol–water partition coefficient (Wildman–Crippen LogP) is 0.339. The van der Waals surface area contributed by atoms with Gasteiger partial charge in [-0.05, 0) is 5.92 Å². The third-order valence-electron chi connectivity index (χ3n) is 0.806. The first-order valence-electron chi connectivity index (χ1n) is 2.99. The van der Waals surface area contributed by atoms with Gasteiger partial charge in [0.15, 0.2) is 0 Å². The minimum Gasteiger partial charge on any atom is -0.550 e. The van der Waals surface area contributed by atoms with Crippen LogP contribution in [0.2, 0.25) is 0 Å². The van der Waals surface area contributed by atoms with Crippen molar-refractivity contribution in [3.63, 3.8) is 0 Å². The molecule has 0 aromatic carbocycles. The quantitative estimate of drug-likeness (QED) is 0.513. The standard InChI is InChI=1S/C7H12O2/c1-6(2)4-3-5-7(8)9/h3-4,6H,5H2,1-2H3,(H,8,9)/p-1. The van der Waals surface area contributed by atoms with Gasteiger partial charge in [-0.25, -0.2) is 0 Å². The maximum Gasteiger partial charge on any atom is 0.0452 e. The molecule has 0 amide bonds. The lowest BCUT2D eigenvalue weighted by Gasteiger charge is -1.95. The minimum atomic E-state index is -1.02. The van der Waals surface area contributed by atoms with Crippen LogP contribution in [0.1, 0.15) is 20.3 Å². The Hall–Kier alpha value is -0.790. The summed E-state index contributed by atoms with van der Waals surface area (Å²) in [6.45, 7) is 3.98. The molecular weight excluding hydrogens is 116 g/mol. The maximum atomic E-state index is 9.82. The van der Waals surface area contributed by atoms with Crippen molar-refractivity contribution in [3.8, 4) is 0 Å². The SMILES string of the molecule is CC(C)C=CCC(=O)[O-]. The van der Waals surface area contributed by atoms with E-state index in [-0.39, 0.29) is 6.42 Å². The van der Waals surface area contributed by atoms with E-state index in [9.17, 15) is 9.90 Å². The number of carbonyl (C=O) groups excluding carboxylic acids is 1. The molecular formula is C7H11O2-. The zero-order chi connectivity index (χ0) is 7.28. The fourth-order valence-electron chi connectivity index (χ4n) is 0.436. The summed E-state index contributed by atoms with van der Waals surface area (Å²) in [7, 11) is 0. The molecule has 0 aliphatic carbocycles. The molecule has 0 N–H and O–H groups in total. The van der Waals surface area contributed by atoms with Crippen LogP contribution in [0.15, 0.2) is 12.2 Å². The lowest BCUT2D eigenvalue weighted by Crippen LogP contribution is -2.20. The van der Waals surface area contributed by atoms with Gasteiger partial charge in [0.2, 0.25) is 0 Å². The van der Waals surface area contributed by atoms with Crippen molar-refractivity contribution < 1.29 is 9.90 Å². The molecule has 0 saturated carbocycles. The summed E-state index contributed by atoms with van der Waals surface area (Å²) < 4.78 is 0. The average molecular weight is 127 g/mol. The van der Waals surface area contributed by atoms with Crippen LogP contribution in [0.5, 0.6) is 0 Å². The number of hydrogen-bond acceptors (Lipinski definition) is 2. The zero-order valence-electron chi connectivity index (χ0n) is 5.76. The summed E-state index contributed by atoms with van der Waals surface area (Å²) in [5.41, 5.74) is 0. The Labute approximate surface area is 55.2 Å². The first-order chi connectivity index (χ1) is 4.13. The summed E-state index contributed by atoms with van der Waals surface area (Å²) in [5.74, 6) is -0.601. The molecule has 0 heterocycles. The van der Waals surface area contributed by atoms with Crippen LogP contribution < -0.4 is 5.11 Å². The lowest BCUT2D eigenvalue weighted by molar-refractivity contribution is -0.304. The van der Waals surface area contributed by atoms with Crippen LogP contribution in [0.3, 0.4) is 0 Å².